The quantitative estimate of drug-likeness (QED) is 0.197. The molecule has 1 aliphatic heterocycles. The van der Waals surface area contributed by atoms with E-state index in [9.17, 15) is 4.79 Å². The summed E-state index contributed by atoms with van der Waals surface area (Å²) in [5.74, 6) is -1.06. The van der Waals surface area contributed by atoms with E-state index in [1.165, 1.54) is 44.8 Å². The molecule has 1 fully saturated rings. The predicted molar refractivity (Wildman–Crippen MR) is 154 cm³/mol. The summed E-state index contributed by atoms with van der Waals surface area (Å²) in [4.78, 5) is 18.9. The summed E-state index contributed by atoms with van der Waals surface area (Å²) in [6.07, 6.45) is 0.872. The molecule has 37 heavy (non-hydrogen) atoms. The van der Waals surface area contributed by atoms with Gasteiger partial charge in [0.2, 0.25) is 0 Å². The van der Waals surface area contributed by atoms with Crippen LogP contribution in [0.25, 0.3) is 0 Å². The van der Waals surface area contributed by atoms with Gasteiger partial charge in [0.15, 0.2) is 0 Å². The van der Waals surface area contributed by atoms with Gasteiger partial charge >= 0.3 is 92.6 Å². The van der Waals surface area contributed by atoms with E-state index < -0.39 is 5.97 Å². The van der Waals surface area contributed by atoms with Crippen molar-refractivity contribution in [2.45, 2.75) is 41.5 Å². The topological polar surface area (TPSA) is 56.1 Å². The van der Waals surface area contributed by atoms with E-state index in [1.54, 1.807) is 12.1 Å². The first kappa shape index (κ1) is 28.8. The zero-order valence-electron chi connectivity index (χ0n) is 22.2. The maximum absolute atomic E-state index is 10.3. The van der Waals surface area contributed by atoms with Crippen LogP contribution in [0.15, 0.2) is 53.5 Å². The number of carboxylic acid groups (broad SMARTS) is 1. The fourth-order valence-corrected chi connectivity index (χ4v) is 6.07. The fraction of sp³-hybridized carbons (Fsp3) is 0.267. The Kier molecular flexibility index (Phi) is 10.2. The van der Waals surface area contributed by atoms with Gasteiger partial charge in [0.25, 0.3) is 0 Å². The number of carbonyl (C=O) groups is 1. The van der Waals surface area contributed by atoms with E-state index in [0.717, 1.165) is 24.9 Å². The van der Waals surface area contributed by atoms with Gasteiger partial charge in [-0.3, -0.25) is 0 Å². The molecule has 0 spiro atoms. The third-order valence-electron chi connectivity index (χ3n) is 6.11. The number of aryl methyl sites for hydroxylation is 6. The average Bonchev–Trinajstić information content (AvgIpc) is 3.26. The first-order valence-electron chi connectivity index (χ1n) is 12.1. The van der Waals surface area contributed by atoms with Crippen LogP contribution in [0.1, 0.15) is 38.9 Å². The Morgan fingerprint density at radius 3 is 1.78 bits per heavy atom. The molecule has 1 saturated heterocycles. The van der Waals surface area contributed by atoms with Crippen molar-refractivity contribution in [2.75, 3.05) is 22.9 Å². The molecule has 197 valence electrons. The van der Waals surface area contributed by atoms with Crippen LogP contribution in [0.3, 0.4) is 0 Å². The van der Waals surface area contributed by atoms with Crippen LogP contribution in [0.2, 0.25) is 0 Å². The van der Waals surface area contributed by atoms with Gasteiger partial charge < -0.3 is 9.80 Å². The van der Waals surface area contributed by atoms with Crippen LogP contribution in [0, 0.1) is 48.2 Å². The van der Waals surface area contributed by atoms with Crippen molar-refractivity contribution >= 4 is 43.5 Å². The molecule has 0 amide bonds. The molecule has 0 unspecified atom stereocenters. The molecule has 5 nitrogen and oxygen atoms in total. The molecular weight excluding hydrogens is 571 g/mol. The molecule has 3 aromatic rings. The van der Waals surface area contributed by atoms with Gasteiger partial charge in [0.1, 0.15) is 0 Å². The maximum atomic E-state index is 10.3. The van der Waals surface area contributed by atoms with E-state index >= 15 is 0 Å². The first-order chi connectivity index (χ1) is 17.6. The number of para-hydroxylation sites is 1. The van der Waals surface area contributed by atoms with Crippen molar-refractivity contribution in [3.63, 3.8) is 0 Å². The summed E-state index contributed by atoms with van der Waals surface area (Å²) in [6, 6.07) is 16.4. The van der Waals surface area contributed by atoms with Crippen LogP contribution >= 0.6 is 9.69 Å². The van der Waals surface area contributed by atoms with Crippen LogP contribution in [0.5, 0.6) is 0 Å². The molecule has 1 aliphatic rings. The molecule has 0 aromatic heterocycles. The van der Waals surface area contributed by atoms with E-state index in [2.05, 4.69) is 87.3 Å². The van der Waals surface area contributed by atoms with Crippen LogP contribution < -0.4 is 9.80 Å². The number of hydrogen-bond acceptors (Lipinski definition) is 4. The molecule has 0 aliphatic carbocycles. The van der Waals surface area contributed by atoms with Gasteiger partial charge in [-0.2, -0.15) is 6.67 Å². The molecule has 0 bridgehead atoms. The normalized spacial score (nSPS) is 13.6. The van der Waals surface area contributed by atoms with Crippen molar-refractivity contribution in [1.82, 2.24) is 0 Å². The Bertz CT molecular complexity index is 1230. The number of anilines is 2. The second-order valence-corrected chi connectivity index (χ2v) is 11.1. The standard InChI is InChI=1S/C21H27N2.C9H7NO2.ClH.Ru/c1-14-9-16(3)20(17(4)10-14)22-7-8-23(13-22)21-18(5)11-15(2)12-19(21)6;1-7-4-2-3-5-8(7)10-6-9(11)12;;/h9-13H,7-8H2,1-6H3;1-6H,(H,11,12);1H;/q-1;;;+1/p-1. The number of carboxylic acids is 1. The van der Waals surface area contributed by atoms with Crippen molar-refractivity contribution < 1.29 is 25.6 Å². The minimum atomic E-state index is -1.06. The Labute approximate surface area is 232 Å². The van der Waals surface area contributed by atoms with Gasteiger partial charge in [0.05, 0.1) is 0 Å². The number of nitrogens with zero attached hydrogens (tertiary/aromatic N) is 3. The van der Waals surface area contributed by atoms with Crippen molar-refractivity contribution in [3.8, 4) is 0 Å². The number of benzene rings is 3. The number of hydrogen-bond donors (Lipinski definition) is 1. The third kappa shape index (κ3) is 7.59. The van der Waals surface area contributed by atoms with Gasteiger partial charge in [-0.25, -0.2) is 0 Å². The molecule has 1 heterocycles. The SMILES string of the molecule is Cc1cc(C)c(N2[CH-]N(c3c(C)cc(C)cc3C)CC2)c(C)c1.O=C(O)C=Nc1ccccc1[CH]=[Ru][Cl]. The predicted octanol–water partition coefficient (Wildman–Crippen LogP) is 6.84. The Balaban J connectivity index is 0.000000233. The summed E-state index contributed by atoms with van der Waals surface area (Å²) in [5, 5.41) is 8.42. The number of rotatable bonds is 5. The van der Waals surface area contributed by atoms with E-state index in [-0.39, 0.29) is 15.7 Å². The summed E-state index contributed by atoms with van der Waals surface area (Å²) in [7, 11) is 5.64. The first-order valence-corrected chi connectivity index (χ1v) is 15.3. The second-order valence-electron chi connectivity index (χ2n) is 9.33. The molecule has 0 radical (unpaired) electrons. The molecular formula is C30H34ClN3O2Ru-. The summed E-state index contributed by atoms with van der Waals surface area (Å²) < 4.78 is 1.86. The van der Waals surface area contributed by atoms with Crippen molar-refractivity contribution in [3.05, 3.63) is 94.1 Å². The van der Waals surface area contributed by atoms with Crippen molar-refractivity contribution in [2.24, 2.45) is 4.99 Å². The average molecular weight is 605 g/mol. The summed E-state index contributed by atoms with van der Waals surface area (Å²) in [5.41, 5.74) is 12.3. The summed E-state index contributed by atoms with van der Waals surface area (Å²) in [6.45, 7) is 17.6. The third-order valence-corrected chi connectivity index (χ3v) is 7.29. The van der Waals surface area contributed by atoms with Crippen LogP contribution in [0.4, 0.5) is 17.1 Å². The summed E-state index contributed by atoms with van der Waals surface area (Å²) >= 11 is -0.332. The minimum absolute atomic E-state index is 0.332. The van der Waals surface area contributed by atoms with E-state index in [0.29, 0.717) is 5.69 Å². The molecule has 0 atom stereocenters. The number of halogens is 1. The zero-order chi connectivity index (χ0) is 27.1. The number of aliphatic imine (C=N–C) groups is 1. The molecule has 4 rings (SSSR count). The molecule has 0 saturated carbocycles. The van der Waals surface area contributed by atoms with E-state index in [4.69, 9.17) is 14.8 Å². The molecule has 1 N–H and O–H groups in total. The van der Waals surface area contributed by atoms with Gasteiger partial charge in [-0.15, -0.1) is 0 Å². The van der Waals surface area contributed by atoms with Crippen molar-refractivity contribution in [1.29, 1.82) is 0 Å². The number of aliphatic carboxylic acids is 1. The van der Waals surface area contributed by atoms with Gasteiger partial charge in [-0.05, 0) is 63.8 Å². The zero-order valence-corrected chi connectivity index (χ0v) is 24.7. The van der Waals surface area contributed by atoms with Gasteiger partial charge in [0, 0.05) is 24.5 Å². The monoisotopic (exact) mass is 605 g/mol. The van der Waals surface area contributed by atoms with Crippen LogP contribution in [-0.4, -0.2) is 35.0 Å². The Hall–Kier alpha value is -2.82. The Morgan fingerprint density at radius 2 is 1.35 bits per heavy atom. The van der Waals surface area contributed by atoms with Crippen LogP contribution in [-0.2, 0) is 20.5 Å². The van der Waals surface area contributed by atoms with E-state index in [1.807, 2.05) is 16.7 Å². The second kappa shape index (κ2) is 13.1. The molecule has 3 aromatic carbocycles. The Morgan fingerprint density at radius 1 is 0.892 bits per heavy atom. The fourth-order valence-electron chi connectivity index (χ4n) is 4.95. The molecule has 7 heteroatoms. The van der Waals surface area contributed by atoms with Gasteiger partial charge in [-0.1, -0.05) is 35.4 Å².